The minimum atomic E-state index is -0.174. The molecule has 0 aliphatic carbocycles. The summed E-state index contributed by atoms with van der Waals surface area (Å²) in [5.74, 6) is -0.174. The standard InChI is InChI=1S/C13H16O3/c1-10-5-3-4-6-11(10)13(8-16-9-13)7-12(14)15-2/h3-6H,7-9H2,1-2H3. The predicted octanol–water partition coefficient (Wildman–Crippen LogP) is 1.83. The van der Waals surface area contributed by atoms with Crippen molar-refractivity contribution >= 4 is 5.97 Å². The van der Waals surface area contributed by atoms with Gasteiger partial charge in [0.1, 0.15) is 0 Å². The maximum absolute atomic E-state index is 11.4. The lowest BCUT2D eigenvalue weighted by Gasteiger charge is -2.42. The molecule has 1 fully saturated rings. The second-order valence-corrected chi connectivity index (χ2v) is 4.34. The zero-order valence-electron chi connectivity index (χ0n) is 9.66. The fraction of sp³-hybridized carbons (Fsp3) is 0.462. The predicted molar refractivity (Wildman–Crippen MR) is 60.3 cm³/mol. The van der Waals surface area contributed by atoms with E-state index in [1.807, 2.05) is 12.1 Å². The van der Waals surface area contributed by atoms with E-state index >= 15 is 0 Å². The van der Waals surface area contributed by atoms with Crippen LogP contribution in [0.1, 0.15) is 17.5 Å². The number of hydrogen-bond acceptors (Lipinski definition) is 3. The van der Waals surface area contributed by atoms with Gasteiger partial charge in [0.25, 0.3) is 0 Å². The SMILES string of the molecule is COC(=O)CC1(c2ccccc2C)COC1. The minimum absolute atomic E-state index is 0.168. The van der Waals surface area contributed by atoms with Crippen LogP contribution in [0, 0.1) is 6.92 Å². The summed E-state index contributed by atoms with van der Waals surface area (Å²) in [6.07, 6.45) is 0.397. The molecule has 3 nitrogen and oxygen atoms in total. The molecule has 1 aliphatic heterocycles. The highest BCUT2D eigenvalue weighted by molar-refractivity contribution is 5.72. The van der Waals surface area contributed by atoms with E-state index in [9.17, 15) is 4.79 Å². The molecular weight excluding hydrogens is 204 g/mol. The molecule has 86 valence electrons. The van der Waals surface area contributed by atoms with Crippen LogP contribution < -0.4 is 0 Å². The molecule has 0 radical (unpaired) electrons. The van der Waals surface area contributed by atoms with Crippen LogP contribution in [0.2, 0.25) is 0 Å². The highest BCUT2D eigenvalue weighted by Crippen LogP contribution is 2.37. The zero-order chi connectivity index (χ0) is 11.6. The summed E-state index contributed by atoms with van der Waals surface area (Å²) < 4.78 is 10.0. The van der Waals surface area contributed by atoms with Crippen LogP contribution in [0.15, 0.2) is 24.3 Å². The molecule has 2 rings (SSSR count). The molecule has 0 bridgehead atoms. The fourth-order valence-corrected chi connectivity index (χ4v) is 2.22. The van der Waals surface area contributed by atoms with Gasteiger partial charge < -0.3 is 9.47 Å². The first-order valence-electron chi connectivity index (χ1n) is 5.39. The summed E-state index contributed by atoms with van der Waals surface area (Å²) >= 11 is 0. The first-order valence-corrected chi connectivity index (χ1v) is 5.39. The molecule has 0 atom stereocenters. The van der Waals surface area contributed by atoms with Gasteiger partial charge in [-0.3, -0.25) is 4.79 Å². The van der Waals surface area contributed by atoms with E-state index in [2.05, 4.69) is 19.1 Å². The number of carbonyl (C=O) groups is 1. The molecule has 0 unspecified atom stereocenters. The van der Waals surface area contributed by atoms with E-state index in [1.54, 1.807) is 0 Å². The number of esters is 1. The second kappa shape index (κ2) is 4.26. The van der Waals surface area contributed by atoms with E-state index in [0.717, 1.165) is 0 Å². The van der Waals surface area contributed by atoms with Crippen molar-refractivity contribution in [1.82, 2.24) is 0 Å². The third-order valence-corrected chi connectivity index (χ3v) is 3.18. The molecule has 0 saturated carbocycles. The molecule has 1 saturated heterocycles. The number of carbonyl (C=O) groups excluding carboxylic acids is 1. The molecule has 16 heavy (non-hydrogen) atoms. The van der Waals surface area contributed by atoms with Crippen LogP contribution in [0.5, 0.6) is 0 Å². The molecule has 1 heterocycles. The van der Waals surface area contributed by atoms with Gasteiger partial charge in [-0.05, 0) is 18.1 Å². The lowest BCUT2D eigenvalue weighted by molar-refractivity contribution is -0.148. The molecule has 1 aromatic carbocycles. The number of benzene rings is 1. The van der Waals surface area contributed by atoms with Gasteiger partial charge in [-0.25, -0.2) is 0 Å². The molecule has 0 aromatic heterocycles. The Morgan fingerprint density at radius 3 is 2.62 bits per heavy atom. The highest BCUT2D eigenvalue weighted by Gasteiger charge is 2.43. The summed E-state index contributed by atoms with van der Waals surface area (Å²) in [6.45, 7) is 3.27. The Morgan fingerprint density at radius 1 is 1.44 bits per heavy atom. The molecule has 0 amide bonds. The Hall–Kier alpha value is -1.35. The normalized spacial score (nSPS) is 17.6. The van der Waals surface area contributed by atoms with Gasteiger partial charge in [0.2, 0.25) is 0 Å². The van der Waals surface area contributed by atoms with Crippen molar-refractivity contribution in [2.45, 2.75) is 18.8 Å². The van der Waals surface area contributed by atoms with E-state index in [4.69, 9.17) is 9.47 Å². The van der Waals surface area contributed by atoms with Crippen molar-refractivity contribution in [3.63, 3.8) is 0 Å². The van der Waals surface area contributed by atoms with E-state index in [1.165, 1.54) is 18.2 Å². The molecular formula is C13H16O3. The fourth-order valence-electron chi connectivity index (χ4n) is 2.22. The summed E-state index contributed by atoms with van der Waals surface area (Å²) in [4.78, 5) is 11.4. The van der Waals surface area contributed by atoms with Crippen molar-refractivity contribution in [3.05, 3.63) is 35.4 Å². The smallest absolute Gasteiger partial charge is 0.306 e. The van der Waals surface area contributed by atoms with Crippen LogP contribution >= 0.6 is 0 Å². The van der Waals surface area contributed by atoms with Crippen molar-refractivity contribution in [1.29, 1.82) is 0 Å². The molecule has 1 aromatic rings. The van der Waals surface area contributed by atoms with Crippen molar-refractivity contribution in [3.8, 4) is 0 Å². The Kier molecular flexibility index (Phi) is 2.97. The van der Waals surface area contributed by atoms with Crippen LogP contribution in [-0.2, 0) is 19.7 Å². The average molecular weight is 220 g/mol. The summed E-state index contributed by atoms with van der Waals surface area (Å²) in [7, 11) is 1.42. The van der Waals surface area contributed by atoms with Gasteiger partial charge in [-0.15, -0.1) is 0 Å². The monoisotopic (exact) mass is 220 g/mol. The first kappa shape index (κ1) is 11.1. The average Bonchev–Trinajstić information content (AvgIpc) is 2.24. The largest absolute Gasteiger partial charge is 0.469 e. The third kappa shape index (κ3) is 1.83. The van der Waals surface area contributed by atoms with Gasteiger partial charge in [-0.1, -0.05) is 24.3 Å². The summed E-state index contributed by atoms with van der Waals surface area (Å²) in [6, 6.07) is 8.14. The number of rotatable bonds is 3. The van der Waals surface area contributed by atoms with E-state index in [0.29, 0.717) is 19.6 Å². The maximum atomic E-state index is 11.4. The van der Waals surface area contributed by atoms with Gasteiger partial charge in [0.05, 0.1) is 32.2 Å². The Labute approximate surface area is 95.4 Å². The second-order valence-electron chi connectivity index (χ2n) is 4.34. The molecule has 0 N–H and O–H groups in total. The van der Waals surface area contributed by atoms with Crippen molar-refractivity contribution in [2.24, 2.45) is 0 Å². The van der Waals surface area contributed by atoms with E-state index < -0.39 is 0 Å². The number of hydrogen-bond donors (Lipinski definition) is 0. The van der Waals surface area contributed by atoms with E-state index in [-0.39, 0.29) is 11.4 Å². The minimum Gasteiger partial charge on any atom is -0.469 e. The highest BCUT2D eigenvalue weighted by atomic mass is 16.5. The van der Waals surface area contributed by atoms with Crippen LogP contribution in [0.4, 0.5) is 0 Å². The quantitative estimate of drug-likeness (QED) is 0.729. The number of aryl methyl sites for hydroxylation is 1. The Balaban J connectivity index is 2.28. The van der Waals surface area contributed by atoms with Crippen LogP contribution in [0.3, 0.4) is 0 Å². The van der Waals surface area contributed by atoms with Crippen molar-refractivity contribution < 1.29 is 14.3 Å². The topological polar surface area (TPSA) is 35.5 Å². The summed E-state index contributed by atoms with van der Waals surface area (Å²) in [5, 5.41) is 0. The molecule has 0 spiro atoms. The Bertz CT molecular complexity index is 394. The molecule has 3 heteroatoms. The van der Waals surface area contributed by atoms with Gasteiger partial charge >= 0.3 is 5.97 Å². The maximum Gasteiger partial charge on any atom is 0.306 e. The zero-order valence-corrected chi connectivity index (χ0v) is 9.66. The van der Waals surface area contributed by atoms with Gasteiger partial charge in [0, 0.05) is 0 Å². The lowest BCUT2D eigenvalue weighted by atomic mass is 9.74. The Morgan fingerprint density at radius 2 is 2.12 bits per heavy atom. The number of ether oxygens (including phenoxy) is 2. The summed E-state index contributed by atoms with van der Waals surface area (Å²) in [5.41, 5.74) is 2.24. The van der Waals surface area contributed by atoms with Gasteiger partial charge in [-0.2, -0.15) is 0 Å². The lowest BCUT2D eigenvalue weighted by Crippen LogP contribution is -2.48. The van der Waals surface area contributed by atoms with Gasteiger partial charge in [0.15, 0.2) is 0 Å². The van der Waals surface area contributed by atoms with Crippen LogP contribution in [0.25, 0.3) is 0 Å². The number of methoxy groups -OCH3 is 1. The van der Waals surface area contributed by atoms with Crippen molar-refractivity contribution in [2.75, 3.05) is 20.3 Å². The first-order chi connectivity index (χ1) is 7.68. The van der Waals surface area contributed by atoms with Crippen LogP contribution in [-0.4, -0.2) is 26.3 Å². The third-order valence-electron chi connectivity index (χ3n) is 3.18. The molecule has 1 aliphatic rings.